The lowest BCUT2D eigenvalue weighted by atomic mass is 10.1. The Balaban J connectivity index is 1.77. The first-order chi connectivity index (χ1) is 11.6. The van der Waals surface area contributed by atoms with Crippen LogP contribution in [0.4, 0.5) is 0 Å². The second-order valence-electron chi connectivity index (χ2n) is 6.82. The third-order valence-corrected chi connectivity index (χ3v) is 6.91. The van der Waals surface area contributed by atoms with Gasteiger partial charge in [-0.15, -0.1) is 0 Å². The maximum atomic E-state index is 13.4. The zero-order valence-electron chi connectivity index (χ0n) is 13.8. The zero-order chi connectivity index (χ0) is 16.7. The van der Waals surface area contributed by atoms with Crippen LogP contribution in [0.2, 0.25) is 0 Å². The molecule has 0 bridgehead atoms. The molecular weight excluding hydrogens is 324 g/mol. The monoisotopic (exact) mass is 346 g/mol. The predicted octanol–water partition coefficient (Wildman–Crippen LogP) is 2.73. The van der Waals surface area contributed by atoms with E-state index in [9.17, 15) is 8.42 Å². The summed E-state index contributed by atoms with van der Waals surface area (Å²) in [6.07, 6.45) is 4.55. The Kier molecular flexibility index (Phi) is 4.06. The first kappa shape index (κ1) is 16.0. The highest BCUT2D eigenvalue weighted by atomic mass is 32.2. The maximum absolute atomic E-state index is 13.4. The van der Waals surface area contributed by atoms with Crippen LogP contribution in [-0.2, 0) is 14.8 Å². The molecule has 1 saturated carbocycles. The van der Waals surface area contributed by atoms with Gasteiger partial charge in [0.2, 0.25) is 10.0 Å². The Morgan fingerprint density at radius 2 is 2.08 bits per heavy atom. The van der Waals surface area contributed by atoms with Gasteiger partial charge in [-0.05, 0) is 55.9 Å². The number of nitrogens with zero attached hydrogens (tertiary/aromatic N) is 2. The highest BCUT2D eigenvalue weighted by Crippen LogP contribution is 2.36. The number of sulfonamides is 1. The lowest BCUT2D eigenvalue weighted by Crippen LogP contribution is -2.37. The molecule has 1 aromatic carbocycles. The van der Waals surface area contributed by atoms with Gasteiger partial charge in [0.05, 0.1) is 17.0 Å². The zero-order valence-corrected chi connectivity index (χ0v) is 14.6. The highest BCUT2D eigenvalue weighted by molar-refractivity contribution is 7.89. The van der Waals surface area contributed by atoms with Crippen LogP contribution in [0.1, 0.15) is 24.8 Å². The number of hydrogen-bond acceptors (Lipinski definition) is 4. The van der Waals surface area contributed by atoms with Crippen molar-refractivity contribution in [1.29, 1.82) is 0 Å². The Hall–Kier alpha value is -1.50. The maximum Gasteiger partial charge on any atom is 0.244 e. The number of fused-ring (bicyclic) bond motifs is 1. The summed E-state index contributed by atoms with van der Waals surface area (Å²) in [7, 11) is -3.53. The fourth-order valence-electron chi connectivity index (χ4n) is 3.43. The summed E-state index contributed by atoms with van der Waals surface area (Å²) in [5, 5.41) is 0.714. The van der Waals surface area contributed by atoms with Crippen molar-refractivity contribution < 1.29 is 13.2 Å². The Labute approximate surface area is 142 Å². The van der Waals surface area contributed by atoms with Crippen molar-refractivity contribution in [3.8, 4) is 0 Å². The molecule has 1 aliphatic heterocycles. The molecule has 2 heterocycles. The van der Waals surface area contributed by atoms with Crippen LogP contribution in [0.25, 0.3) is 10.9 Å². The molecule has 1 aromatic heterocycles. The van der Waals surface area contributed by atoms with Gasteiger partial charge in [0.1, 0.15) is 0 Å². The average molecular weight is 346 g/mol. The summed E-state index contributed by atoms with van der Waals surface area (Å²) in [5.74, 6) is 0.301. The van der Waals surface area contributed by atoms with Gasteiger partial charge in [-0.1, -0.05) is 6.07 Å². The van der Waals surface area contributed by atoms with E-state index in [1.807, 2.05) is 19.1 Å². The number of rotatable bonds is 5. The van der Waals surface area contributed by atoms with Gasteiger partial charge in [0.25, 0.3) is 0 Å². The van der Waals surface area contributed by atoms with Crippen LogP contribution in [0.15, 0.2) is 35.4 Å². The van der Waals surface area contributed by atoms with E-state index >= 15 is 0 Å². The van der Waals surface area contributed by atoms with E-state index in [1.165, 1.54) is 0 Å². The lowest BCUT2D eigenvalue weighted by Gasteiger charge is -2.25. The Bertz CT molecular complexity index is 856. The van der Waals surface area contributed by atoms with Crippen LogP contribution in [0.3, 0.4) is 0 Å². The van der Waals surface area contributed by atoms with Crippen LogP contribution in [-0.4, -0.2) is 43.5 Å². The molecule has 2 fully saturated rings. The van der Waals surface area contributed by atoms with Crippen molar-refractivity contribution in [3.63, 3.8) is 0 Å². The molecule has 2 aromatic rings. The summed E-state index contributed by atoms with van der Waals surface area (Å²) in [5.41, 5.74) is 1.75. The molecule has 4 rings (SSSR count). The van der Waals surface area contributed by atoms with Crippen molar-refractivity contribution in [2.45, 2.75) is 37.1 Å². The summed E-state index contributed by atoms with van der Waals surface area (Å²) in [6.45, 7) is 3.92. The van der Waals surface area contributed by atoms with E-state index in [-0.39, 0.29) is 6.04 Å². The van der Waals surface area contributed by atoms with Gasteiger partial charge < -0.3 is 4.74 Å². The quantitative estimate of drug-likeness (QED) is 0.835. The molecule has 5 nitrogen and oxygen atoms in total. The van der Waals surface area contributed by atoms with Crippen LogP contribution >= 0.6 is 0 Å². The van der Waals surface area contributed by atoms with E-state index in [0.29, 0.717) is 29.4 Å². The normalized spacial score (nSPS) is 21.7. The van der Waals surface area contributed by atoms with Crippen molar-refractivity contribution in [1.82, 2.24) is 9.29 Å². The number of hydrogen-bond donors (Lipinski definition) is 0. The minimum atomic E-state index is -3.53. The lowest BCUT2D eigenvalue weighted by molar-refractivity contribution is 0.180. The molecule has 1 aliphatic carbocycles. The topological polar surface area (TPSA) is 59.5 Å². The number of aryl methyl sites for hydroxylation is 1. The largest absolute Gasteiger partial charge is 0.381 e. The van der Waals surface area contributed by atoms with E-state index in [1.54, 1.807) is 22.6 Å². The van der Waals surface area contributed by atoms with Gasteiger partial charge in [0.15, 0.2) is 0 Å². The molecule has 24 heavy (non-hydrogen) atoms. The molecule has 1 saturated heterocycles. The minimum Gasteiger partial charge on any atom is -0.381 e. The highest BCUT2D eigenvalue weighted by Gasteiger charge is 2.40. The smallest absolute Gasteiger partial charge is 0.244 e. The van der Waals surface area contributed by atoms with Crippen LogP contribution < -0.4 is 0 Å². The average Bonchev–Trinajstić information content (AvgIpc) is 3.28. The first-order valence-electron chi connectivity index (χ1n) is 8.51. The SMILES string of the molecule is Cc1ccc(S(=O)(=O)N(CC2CCOC2)C2CC2)c2cccnc12. The van der Waals surface area contributed by atoms with E-state index in [2.05, 4.69) is 4.98 Å². The Morgan fingerprint density at radius 1 is 1.25 bits per heavy atom. The number of benzene rings is 1. The van der Waals surface area contributed by atoms with Gasteiger partial charge in [0, 0.05) is 30.8 Å². The van der Waals surface area contributed by atoms with Crippen LogP contribution in [0, 0.1) is 12.8 Å². The van der Waals surface area contributed by atoms with Gasteiger partial charge in [-0.2, -0.15) is 4.31 Å². The summed E-state index contributed by atoms with van der Waals surface area (Å²) >= 11 is 0. The molecule has 1 unspecified atom stereocenters. The molecule has 128 valence electrons. The van der Waals surface area contributed by atoms with Crippen molar-refractivity contribution in [3.05, 3.63) is 36.0 Å². The molecule has 1 atom stereocenters. The standard InChI is InChI=1S/C18H22N2O3S/c1-13-4-7-17(16-3-2-9-19-18(13)16)24(21,22)20(15-5-6-15)11-14-8-10-23-12-14/h2-4,7,9,14-15H,5-6,8,10-12H2,1H3. The number of ether oxygens (including phenoxy) is 1. The molecular formula is C18H22N2O3S. The fourth-order valence-corrected chi connectivity index (χ4v) is 5.37. The summed E-state index contributed by atoms with van der Waals surface area (Å²) in [6, 6.07) is 7.38. The van der Waals surface area contributed by atoms with Crippen molar-refractivity contribution >= 4 is 20.9 Å². The minimum absolute atomic E-state index is 0.142. The summed E-state index contributed by atoms with van der Waals surface area (Å²) < 4.78 is 33.9. The third-order valence-electron chi connectivity index (χ3n) is 4.93. The van der Waals surface area contributed by atoms with E-state index in [4.69, 9.17) is 4.74 Å². The van der Waals surface area contributed by atoms with E-state index < -0.39 is 10.0 Å². The molecule has 0 N–H and O–H groups in total. The van der Waals surface area contributed by atoms with Crippen LogP contribution in [0.5, 0.6) is 0 Å². The van der Waals surface area contributed by atoms with Crippen molar-refractivity contribution in [2.24, 2.45) is 5.92 Å². The molecule has 0 amide bonds. The molecule has 0 radical (unpaired) electrons. The van der Waals surface area contributed by atoms with Gasteiger partial charge >= 0.3 is 0 Å². The number of aromatic nitrogens is 1. The summed E-state index contributed by atoms with van der Waals surface area (Å²) in [4.78, 5) is 4.75. The van der Waals surface area contributed by atoms with Gasteiger partial charge in [-0.3, -0.25) is 4.98 Å². The predicted molar refractivity (Wildman–Crippen MR) is 92.3 cm³/mol. The molecule has 0 spiro atoms. The third kappa shape index (κ3) is 2.83. The fraction of sp³-hybridized carbons (Fsp3) is 0.500. The number of pyridine rings is 1. The first-order valence-corrected chi connectivity index (χ1v) is 9.95. The van der Waals surface area contributed by atoms with Gasteiger partial charge in [-0.25, -0.2) is 8.42 Å². The van der Waals surface area contributed by atoms with E-state index in [0.717, 1.165) is 36.9 Å². The second kappa shape index (κ2) is 6.10. The second-order valence-corrected chi connectivity index (χ2v) is 8.67. The Morgan fingerprint density at radius 3 is 2.79 bits per heavy atom. The molecule has 2 aliphatic rings. The molecule has 6 heteroatoms. The van der Waals surface area contributed by atoms with Crippen molar-refractivity contribution in [2.75, 3.05) is 19.8 Å².